The van der Waals surface area contributed by atoms with Gasteiger partial charge in [0.2, 0.25) is 11.8 Å². The summed E-state index contributed by atoms with van der Waals surface area (Å²) in [5.74, 6) is -5.32. The van der Waals surface area contributed by atoms with Crippen LogP contribution in [0.4, 0.5) is 10.2 Å². The number of aliphatic imine (C=N–C) groups is 1. The number of anilines is 1. The molecule has 13 atom stereocenters. The molecular weight excluding hydrogens is 816 g/mol. The van der Waals surface area contributed by atoms with E-state index < -0.39 is 76.7 Å². The van der Waals surface area contributed by atoms with Crippen molar-refractivity contribution in [3.05, 3.63) is 30.2 Å². The molecule has 16 nitrogen and oxygen atoms in total. The molecule has 2 aromatic rings. The van der Waals surface area contributed by atoms with Crippen LogP contribution in [-0.2, 0) is 40.0 Å². The molecule has 1 aliphatic carbocycles. The quantitative estimate of drug-likeness (QED) is 0.144. The highest BCUT2D eigenvalue weighted by atomic mass is 19.1. The van der Waals surface area contributed by atoms with Gasteiger partial charge < -0.3 is 44.3 Å². The van der Waals surface area contributed by atoms with E-state index in [-0.39, 0.29) is 56.2 Å². The first kappa shape index (κ1) is 49.8. The van der Waals surface area contributed by atoms with E-state index in [0.29, 0.717) is 54.3 Å². The van der Waals surface area contributed by atoms with Gasteiger partial charge in [0.05, 0.1) is 17.9 Å². The van der Waals surface area contributed by atoms with Crippen LogP contribution in [0, 0.1) is 29.1 Å². The number of oxazole rings is 1. The molecule has 2 saturated heterocycles. The minimum atomic E-state index is -3.14. The van der Waals surface area contributed by atoms with Gasteiger partial charge in [0.25, 0.3) is 5.67 Å². The number of amides is 1. The number of fused-ring (bicyclic) bond motifs is 5. The Morgan fingerprint density at radius 1 is 1.08 bits per heavy atom. The number of aliphatic hydroxyl groups is 2. The number of rotatable bonds is 9. The van der Waals surface area contributed by atoms with Crippen LogP contribution < -0.4 is 5.73 Å². The molecule has 0 unspecified atom stereocenters. The highest BCUT2D eigenvalue weighted by molar-refractivity contribution is 6.08. The smallest absolute Gasteiger partial charge is 0.351 e. The van der Waals surface area contributed by atoms with E-state index in [9.17, 15) is 24.6 Å². The molecule has 4 heterocycles. The average Bonchev–Trinajstić information content (AvgIpc) is 3.70. The summed E-state index contributed by atoms with van der Waals surface area (Å²) < 4.78 is 41.6. The normalized spacial score (nSPS) is 37.6. The number of aromatic nitrogens is 2. The molecule has 3 fully saturated rings. The Hall–Kier alpha value is -4.16. The summed E-state index contributed by atoms with van der Waals surface area (Å²) in [7, 11) is 3.69. The van der Waals surface area contributed by atoms with Gasteiger partial charge in [0, 0.05) is 30.0 Å². The lowest BCUT2D eigenvalue weighted by atomic mass is 9.65. The highest BCUT2D eigenvalue weighted by Gasteiger charge is 2.56. The van der Waals surface area contributed by atoms with Crippen molar-refractivity contribution in [1.29, 1.82) is 0 Å². The van der Waals surface area contributed by atoms with Crippen molar-refractivity contribution in [3.8, 4) is 11.6 Å². The van der Waals surface area contributed by atoms with Crippen molar-refractivity contribution in [2.75, 3.05) is 19.8 Å². The Bertz CT molecular complexity index is 1990. The maximum atomic E-state index is 17.0. The second-order valence-corrected chi connectivity index (χ2v) is 18.8. The Morgan fingerprint density at radius 3 is 2.44 bits per heavy atom. The van der Waals surface area contributed by atoms with E-state index in [1.807, 2.05) is 46.7 Å². The summed E-state index contributed by atoms with van der Waals surface area (Å²) in [6.07, 6.45) is -1.55. The molecule has 63 heavy (non-hydrogen) atoms. The number of nitrogens with zero attached hydrogens (tertiary/aromatic N) is 5. The van der Waals surface area contributed by atoms with Crippen LogP contribution >= 0.6 is 0 Å². The Morgan fingerprint density at radius 2 is 1.79 bits per heavy atom. The number of halogens is 1. The van der Waals surface area contributed by atoms with Gasteiger partial charge in [0.15, 0.2) is 18.7 Å². The van der Waals surface area contributed by atoms with E-state index in [2.05, 4.69) is 20.1 Å². The maximum Gasteiger partial charge on any atom is 0.351 e. The zero-order valence-electron chi connectivity index (χ0n) is 38.8. The number of carbonyl (C=O) groups is 3. The number of hydrogen-bond donors (Lipinski definition) is 3. The van der Waals surface area contributed by atoms with Gasteiger partial charge in [-0.1, -0.05) is 52.8 Å². The van der Waals surface area contributed by atoms with Gasteiger partial charge in [-0.15, -0.1) is 0 Å². The maximum absolute atomic E-state index is 17.0. The fourth-order valence-corrected chi connectivity index (χ4v) is 9.97. The Kier molecular flexibility index (Phi) is 16.1. The van der Waals surface area contributed by atoms with Crippen molar-refractivity contribution in [3.63, 3.8) is 0 Å². The number of aliphatic hydroxyl groups excluding tert-OH is 1. The molecule has 2 aliphatic heterocycles. The van der Waals surface area contributed by atoms with Crippen LogP contribution in [0.25, 0.3) is 11.6 Å². The molecule has 17 heteroatoms. The predicted molar refractivity (Wildman–Crippen MR) is 234 cm³/mol. The molecular formula is C46H69FN6O10. The molecule has 0 radical (unpaired) electrons. The first-order chi connectivity index (χ1) is 29.5. The van der Waals surface area contributed by atoms with Gasteiger partial charge in [-0.3, -0.25) is 9.59 Å². The monoisotopic (exact) mass is 885 g/mol. The molecule has 350 valence electrons. The summed E-state index contributed by atoms with van der Waals surface area (Å²) in [5.41, 5.74) is 1.90. The lowest BCUT2D eigenvalue weighted by molar-refractivity contribution is -0.287. The summed E-state index contributed by atoms with van der Waals surface area (Å²) in [6, 6.07) is 4.76. The van der Waals surface area contributed by atoms with E-state index in [1.165, 1.54) is 13.2 Å². The van der Waals surface area contributed by atoms with Crippen LogP contribution in [0.1, 0.15) is 119 Å². The lowest BCUT2D eigenvalue weighted by Crippen LogP contribution is -2.59. The number of ketones is 1. The standard InChI is InChI=1S/C46H69FN6O10/c1-12-34-46(9,58)31-18-17-29(52-60-24-30-23-59-41(49-30)32-15-14-16-35(48)50-32)19-20-44(7,22-25(3)37(27(31)5)51-36(54)13-2)40(28(6)39(56)45(8,47)43(57)62-34)63-42-38(55)33(53(10)11)21-26(4)61-42/h14-16,23,25-28,31,33-34,38,40,42,55,58H,12-13,17-22,24H2,1-11H3,(H2,48,50)/b51-37?,52-29+/t25-,26-,27-,28+,31-,33+,34-,38-,40-,42+,44-,45+,46+/m1/s1. The summed E-state index contributed by atoms with van der Waals surface area (Å²) in [6.45, 7) is 14.9. The fraction of sp³-hybridized carbons (Fsp3) is 0.717. The molecule has 0 spiro atoms. The van der Waals surface area contributed by atoms with E-state index in [4.69, 9.17) is 29.2 Å². The third-order valence-corrected chi connectivity index (χ3v) is 13.6. The second-order valence-electron chi connectivity index (χ2n) is 18.8. The number of hydrogen-bond acceptors (Lipinski definition) is 15. The van der Waals surface area contributed by atoms with Crippen LogP contribution in [-0.4, -0.2) is 116 Å². The number of Topliss-reactive ketones (excluding diaryl/α,β-unsaturated/α-hetero) is 1. The van der Waals surface area contributed by atoms with Crippen LogP contribution in [0.15, 0.2) is 39.0 Å². The van der Waals surface area contributed by atoms with Gasteiger partial charge in [0.1, 0.15) is 41.3 Å². The average molecular weight is 885 g/mol. The summed E-state index contributed by atoms with van der Waals surface area (Å²) >= 11 is 0. The second kappa shape index (κ2) is 20.3. The van der Waals surface area contributed by atoms with Crippen molar-refractivity contribution < 1.29 is 52.5 Å². The van der Waals surface area contributed by atoms with Crippen LogP contribution in [0.3, 0.4) is 0 Å². The van der Waals surface area contributed by atoms with Gasteiger partial charge in [-0.05, 0) is 109 Å². The first-order valence-corrected chi connectivity index (χ1v) is 22.3. The third-order valence-electron chi connectivity index (χ3n) is 13.6. The molecule has 0 aromatic carbocycles. The Balaban J connectivity index is 1.67. The largest absolute Gasteiger partial charge is 0.457 e. The van der Waals surface area contributed by atoms with E-state index >= 15 is 4.39 Å². The van der Waals surface area contributed by atoms with E-state index in [1.54, 1.807) is 39.0 Å². The molecule has 1 amide bonds. The highest BCUT2D eigenvalue weighted by Crippen LogP contribution is 2.47. The number of ether oxygens (including phenoxy) is 3. The molecule has 2 bridgehead atoms. The molecule has 2 aromatic heterocycles. The van der Waals surface area contributed by atoms with Gasteiger partial charge in [-0.25, -0.2) is 24.1 Å². The van der Waals surface area contributed by atoms with Crippen molar-refractivity contribution in [2.24, 2.45) is 39.2 Å². The number of carbonyl (C=O) groups excluding carboxylic acids is 3. The number of nitrogens with two attached hydrogens (primary N) is 1. The summed E-state index contributed by atoms with van der Waals surface area (Å²) in [5, 5.41) is 29.0. The molecule has 3 aliphatic rings. The SMILES string of the molecule is CCC(=O)N=C1[C@H](C)C[C@@]2(C)CC/C(=N/OCc3coc(-c4cccc(N)n4)n3)CC[C@H]([C@H]1C)[C@](C)(O)[C@@H](CC)OC(=O)[C@@](C)(F)C(=O)[C@H](C)[C@H]2O[C@@H]1O[C@H](C)C[C@H](N(C)C)[C@H]1O. The number of likely N-dealkylation sites (N-methyl/N-ethyl adjacent to an activating group) is 1. The number of oxime groups is 1. The molecule has 4 N–H and O–H groups in total. The topological polar surface area (TPSA) is 221 Å². The molecule has 1 saturated carbocycles. The minimum Gasteiger partial charge on any atom is -0.457 e. The fourth-order valence-electron chi connectivity index (χ4n) is 9.97. The number of alkyl halides is 1. The van der Waals surface area contributed by atoms with Crippen LogP contribution in [0.5, 0.6) is 0 Å². The molecule has 5 rings (SSSR count). The number of nitrogen functional groups attached to an aromatic ring is 1. The van der Waals surface area contributed by atoms with Gasteiger partial charge >= 0.3 is 5.97 Å². The lowest BCUT2D eigenvalue weighted by Gasteiger charge is -2.48. The van der Waals surface area contributed by atoms with Crippen molar-refractivity contribution in [1.82, 2.24) is 14.9 Å². The van der Waals surface area contributed by atoms with E-state index in [0.717, 1.165) is 6.92 Å². The number of cyclic esters (lactones) is 1. The Labute approximate surface area is 370 Å². The van der Waals surface area contributed by atoms with Crippen LogP contribution in [0.2, 0.25) is 0 Å². The number of pyridine rings is 1. The van der Waals surface area contributed by atoms with Crippen molar-refractivity contribution >= 4 is 34.9 Å². The van der Waals surface area contributed by atoms with Gasteiger partial charge in [-0.2, -0.15) is 0 Å². The minimum absolute atomic E-state index is 0.0561. The number of esters is 1. The third kappa shape index (κ3) is 11.2. The zero-order chi connectivity index (χ0) is 46.6. The zero-order valence-corrected chi connectivity index (χ0v) is 38.8. The first-order valence-electron chi connectivity index (χ1n) is 22.3. The predicted octanol–water partition coefficient (Wildman–Crippen LogP) is 6.26. The summed E-state index contributed by atoms with van der Waals surface area (Å²) in [4.78, 5) is 63.1. The van der Waals surface area contributed by atoms with Crippen molar-refractivity contribution in [2.45, 2.75) is 168 Å².